The van der Waals surface area contributed by atoms with E-state index in [9.17, 15) is 8.96 Å². The molecule has 0 aliphatic heterocycles. The number of rotatable bonds is 3. The van der Waals surface area contributed by atoms with Crippen LogP contribution in [0.5, 0.6) is 0 Å². The third kappa shape index (κ3) is 2.38. The molecule has 1 aromatic carbocycles. The topological polar surface area (TPSA) is 17.1 Å². The van der Waals surface area contributed by atoms with Crippen molar-refractivity contribution in [2.24, 2.45) is 0 Å². The number of hydrogen-bond acceptors (Lipinski definition) is 1. The zero-order valence-corrected chi connectivity index (χ0v) is 7.85. The normalized spacial score (nSPS) is 11.3. The molecule has 0 saturated heterocycles. The minimum absolute atomic E-state index is 0.313. The van der Waals surface area contributed by atoms with Crippen LogP contribution in [0.1, 0.15) is 13.3 Å². The third-order valence-corrected chi connectivity index (χ3v) is 3.23. The SMILES string of the molecule is CCC[P+](=O)c1cccc(F)c1. The van der Waals surface area contributed by atoms with Gasteiger partial charge in [-0.25, -0.2) is 4.39 Å². The second-order valence-electron chi connectivity index (χ2n) is 2.58. The van der Waals surface area contributed by atoms with Crippen LogP contribution in [0.25, 0.3) is 0 Å². The summed E-state index contributed by atoms with van der Waals surface area (Å²) < 4.78 is 24.0. The maximum absolute atomic E-state index is 12.6. The van der Waals surface area contributed by atoms with Crippen LogP contribution in [0, 0.1) is 5.82 Å². The minimum Gasteiger partial charge on any atom is -0.207 e. The Balaban J connectivity index is 2.81. The molecule has 0 bridgehead atoms. The average molecular weight is 185 g/mol. The van der Waals surface area contributed by atoms with E-state index in [1.54, 1.807) is 12.1 Å². The van der Waals surface area contributed by atoms with E-state index in [0.717, 1.165) is 6.42 Å². The van der Waals surface area contributed by atoms with Crippen molar-refractivity contribution in [3.8, 4) is 0 Å². The fourth-order valence-electron chi connectivity index (χ4n) is 0.963. The van der Waals surface area contributed by atoms with Gasteiger partial charge in [0, 0.05) is 6.07 Å². The molecule has 64 valence electrons. The molecule has 1 rings (SSSR count). The fraction of sp³-hybridized carbons (Fsp3) is 0.333. The lowest BCUT2D eigenvalue weighted by molar-refractivity contribution is 0.591. The lowest BCUT2D eigenvalue weighted by Crippen LogP contribution is -1.98. The summed E-state index contributed by atoms with van der Waals surface area (Å²) in [6.45, 7) is 1.96. The molecule has 0 fully saturated rings. The number of benzene rings is 1. The molecule has 0 aromatic heterocycles. The Kier molecular flexibility index (Phi) is 3.36. The van der Waals surface area contributed by atoms with E-state index in [-0.39, 0.29) is 5.82 Å². The zero-order valence-electron chi connectivity index (χ0n) is 6.96. The molecular formula is C9H11FOP+. The summed E-state index contributed by atoms with van der Waals surface area (Å²) in [4.78, 5) is 0. The van der Waals surface area contributed by atoms with Crippen molar-refractivity contribution in [2.45, 2.75) is 13.3 Å². The van der Waals surface area contributed by atoms with Gasteiger partial charge < -0.3 is 0 Å². The Morgan fingerprint density at radius 1 is 1.50 bits per heavy atom. The Morgan fingerprint density at radius 2 is 2.25 bits per heavy atom. The first-order valence-corrected chi connectivity index (χ1v) is 5.38. The first-order chi connectivity index (χ1) is 5.74. The highest BCUT2D eigenvalue weighted by Crippen LogP contribution is 2.20. The molecule has 1 nitrogen and oxygen atoms in total. The number of hydrogen-bond donors (Lipinski definition) is 0. The Labute approximate surface area is 72.4 Å². The Morgan fingerprint density at radius 3 is 2.83 bits per heavy atom. The van der Waals surface area contributed by atoms with Gasteiger partial charge in [-0.05, 0) is 18.6 Å². The van der Waals surface area contributed by atoms with Crippen molar-refractivity contribution >= 4 is 13.1 Å². The summed E-state index contributed by atoms with van der Waals surface area (Å²) in [5.41, 5.74) is 0. The summed E-state index contributed by atoms with van der Waals surface area (Å²) in [7, 11) is -1.38. The highest BCUT2D eigenvalue weighted by atomic mass is 31.1. The molecule has 0 heterocycles. The van der Waals surface area contributed by atoms with Crippen molar-refractivity contribution in [1.82, 2.24) is 0 Å². The molecular weight excluding hydrogens is 174 g/mol. The molecule has 1 atom stereocenters. The number of halogens is 1. The maximum atomic E-state index is 12.6. The molecule has 0 spiro atoms. The highest BCUT2D eigenvalue weighted by Gasteiger charge is 2.17. The van der Waals surface area contributed by atoms with Gasteiger partial charge in [0.25, 0.3) is 0 Å². The first-order valence-electron chi connectivity index (χ1n) is 3.94. The van der Waals surface area contributed by atoms with Gasteiger partial charge in [0.15, 0.2) is 11.5 Å². The van der Waals surface area contributed by atoms with Gasteiger partial charge >= 0.3 is 7.80 Å². The van der Waals surface area contributed by atoms with Gasteiger partial charge in [-0.15, -0.1) is 0 Å². The van der Waals surface area contributed by atoms with Crippen molar-refractivity contribution in [3.05, 3.63) is 30.1 Å². The third-order valence-electron chi connectivity index (χ3n) is 1.52. The van der Waals surface area contributed by atoms with Crippen LogP contribution in [0.15, 0.2) is 24.3 Å². The summed E-state index contributed by atoms with van der Waals surface area (Å²) in [6, 6.07) is 6.00. The van der Waals surface area contributed by atoms with Crippen molar-refractivity contribution in [2.75, 3.05) is 6.16 Å². The van der Waals surface area contributed by atoms with Crippen LogP contribution in [0.3, 0.4) is 0 Å². The van der Waals surface area contributed by atoms with Gasteiger partial charge in [0.05, 0.1) is 0 Å². The van der Waals surface area contributed by atoms with E-state index in [0.29, 0.717) is 11.5 Å². The molecule has 0 saturated carbocycles. The van der Waals surface area contributed by atoms with Gasteiger partial charge in [0.2, 0.25) is 0 Å². The van der Waals surface area contributed by atoms with Gasteiger partial charge in [-0.2, -0.15) is 0 Å². The maximum Gasteiger partial charge on any atom is 0.376 e. The molecule has 0 amide bonds. The molecule has 1 unspecified atom stereocenters. The van der Waals surface area contributed by atoms with Gasteiger partial charge in [-0.3, -0.25) is 0 Å². The summed E-state index contributed by atoms with van der Waals surface area (Å²) in [5.74, 6) is -0.313. The first kappa shape index (κ1) is 9.34. The summed E-state index contributed by atoms with van der Waals surface area (Å²) in [5, 5.41) is 0.617. The van der Waals surface area contributed by atoms with Crippen LogP contribution >= 0.6 is 7.80 Å². The average Bonchev–Trinajstić information content (AvgIpc) is 2.05. The van der Waals surface area contributed by atoms with E-state index < -0.39 is 7.80 Å². The monoisotopic (exact) mass is 185 g/mol. The lowest BCUT2D eigenvalue weighted by atomic mass is 10.3. The smallest absolute Gasteiger partial charge is 0.207 e. The minimum atomic E-state index is -1.38. The molecule has 12 heavy (non-hydrogen) atoms. The predicted octanol–water partition coefficient (Wildman–Crippen LogP) is 2.69. The van der Waals surface area contributed by atoms with Gasteiger partial charge in [0.1, 0.15) is 5.82 Å². The quantitative estimate of drug-likeness (QED) is 0.661. The van der Waals surface area contributed by atoms with Crippen molar-refractivity contribution in [3.63, 3.8) is 0 Å². The largest absolute Gasteiger partial charge is 0.376 e. The summed E-state index contributed by atoms with van der Waals surface area (Å²) >= 11 is 0. The zero-order chi connectivity index (χ0) is 8.97. The second kappa shape index (κ2) is 4.32. The molecule has 0 radical (unpaired) electrons. The molecule has 1 aromatic rings. The van der Waals surface area contributed by atoms with Crippen LogP contribution in [0.4, 0.5) is 4.39 Å². The second-order valence-corrected chi connectivity index (χ2v) is 4.30. The molecule has 0 aliphatic rings. The van der Waals surface area contributed by atoms with E-state index >= 15 is 0 Å². The Hall–Kier alpha value is -0.750. The van der Waals surface area contributed by atoms with Crippen LogP contribution in [-0.2, 0) is 4.57 Å². The Bertz CT molecular complexity index is 286. The molecule has 0 aliphatic carbocycles. The van der Waals surface area contributed by atoms with Crippen LogP contribution in [0.2, 0.25) is 0 Å². The van der Waals surface area contributed by atoms with E-state index in [2.05, 4.69) is 0 Å². The van der Waals surface area contributed by atoms with E-state index in [1.807, 2.05) is 6.92 Å². The molecule has 3 heteroatoms. The van der Waals surface area contributed by atoms with Crippen LogP contribution < -0.4 is 5.30 Å². The predicted molar refractivity (Wildman–Crippen MR) is 48.8 cm³/mol. The standard InChI is InChI=1S/C9H11FOP/c1-2-6-12(11)9-5-3-4-8(10)7-9/h3-5,7H,2,6H2,1H3/q+1. The van der Waals surface area contributed by atoms with Crippen LogP contribution in [-0.4, -0.2) is 6.16 Å². The lowest BCUT2D eigenvalue weighted by Gasteiger charge is -1.87. The van der Waals surface area contributed by atoms with E-state index in [1.165, 1.54) is 12.1 Å². The molecule has 0 N–H and O–H groups in total. The van der Waals surface area contributed by atoms with Gasteiger partial charge in [-0.1, -0.05) is 17.6 Å². The van der Waals surface area contributed by atoms with Crippen molar-refractivity contribution in [1.29, 1.82) is 0 Å². The van der Waals surface area contributed by atoms with Crippen molar-refractivity contribution < 1.29 is 8.96 Å². The fourth-order valence-corrected chi connectivity index (χ4v) is 2.15. The van der Waals surface area contributed by atoms with E-state index in [4.69, 9.17) is 0 Å². The highest BCUT2D eigenvalue weighted by molar-refractivity contribution is 7.53. The summed E-state index contributed by atoms with van der Waals surface area (Å²) in [6.07, 6.45) is 1.50.